The van der Waals surface area contributed by atoms with Gasteiger partial charge in [-0.2, -0.15) is 0 Å². The van der Waals surface area contributed by atoms with Gasteiger partial charge in [-0.05, 0) is 64.0 Å². The molecule has 2 aliphatic heterocycles. The predicted molar refractivity (Wildman–Crippen MR) is 166 cm³/mol. The number of ether oxygens (including phenoxy) is 2. The lowest BCUT2D eigenvalue weighted by molar-refractivity contribution is -0.164. The Balaban J connectivity index is 1.31. The Kier molecular flexibility index (Phi) is 11.4. The molecule has 238 valence electrons. The summed E-state index contributed by atoms with van der Waals surface area (Å²) in [5, 5.41) is 5.75. The molecule has 10 heteroatoms. The summed E-state index contributed by atoms with van der Waals surface area (Å²) >= 11 is 0. The van der Waals surface area contributed by atoms with Crippen molar-refractivity contribution in [2.24, 2.45) is 0 Å². The number of nitrogens with zero attached hydrogens (tertiary/aromatic N) is 2. The zero-order valence-corrected chi connectivity index (χ0v) is 26.2. The molecule has 0 saturated carbocycles. The topological polar surface area (TPSA) is 117 Å². The Hall–Kier alpha value is -3.92. The highest BCUT2D eigenvalue weighted by Crippen LogP contribution is 2.34. The van der Waals surface area contributed by atoms with Crippen LogP contribution in [0.2, 0.25) is 0 Å². The molecular formula is C34H46N4O6. The molecule has 2 fully saturated rings. The lowest BCUT2D eigenvalue weighted by Crippen LogP contribution is -2.73. The van der Waals surface area contributed by atoms with E-state index in [-0.39, 0.29) is 31.4 Å². The van der Waals surface area contributed by atoms with Crippen LogP contribution in [0.4, 0.5) is 4.79 Å². The van der Waals surface area contributed by atoms with Crippen LogP contribution in [-0.2, 0) is 37.0 Å². The van der Waals surface area contributed by atoms with Gasteiger partial charge in [0.05, 0.1) is 6.42 Å². The van der Waals surface area contributed by atoms with Crippen molar-refractivity contribution in [2.75, 3.05) is 26.2 Å². The number of amides is 3. The summed E-state index contributed by atoms with van der Waals surface area (Å²) in [6.45, 7) is 8.25. The summed E-state index contributed by atoms with van der Waals surface area (Å²) in [4.78, 5) is 56.2. The first kappa shape index (κ1) is 33.0. The van der Waals surface area contributed by atoms with E-state index in [1.165, 1.54) is 5.56 Å². The maximum atomic E-state index is 13.9. The van der Waals surface area contributed by atoms with Gasteiger partial charge in [-0.1, -0.05) is 60.7 Å². The average molecular weight is 607 g/mol. The van der Waals surface area contributed by atoms with Crippen molar-refractivity contribution in [1.29, 1.82) is 0 Å². The lowest BCUT2D eigenvalue weighted by atomic mass is 9.81. The number of piperazine rings is 1. The highest BCUT2D eigenvalue weighted by molar-refractivity contribution is 6.00. The van der Waals surface area contributed by atoms with E-state index < -0.39 is 29.2 Å². The number of unbranched alkanes of at least 4 members (excludes halogenated alkanes) is 1. The number of rotatable bonds is 12. The Morgan fingerprint density at radius 3 is 2.23 bits per heavy atom. The van der Waals surface area contributed by atoms with Crippen LogP contribution in [0, 0.1) is 0 Å². The number of likely N-dealkylation sites (tertiary alicyclic amines) is 1. The van der Waals surface area contributed by atoms with Crippen molar-refractivity contribution in [3.8, 4) is 0 Å². The number of hydrogen-bond donors (Lipinski definition) is 2. The predicted octanol–water partition coefficient (Wildman–Crippen LogP) is 4.18. The second kappa shape index (κ2) is 15.2. The zero-order chi connectivity index (χ0) is 31.6. The molecule has 2 aromatic rings. The summed E-state index contributed by atoms with van der Waals surface area (Å²) in [7, 11) is 0. The van der Waals surface area contributed by atoms with Gasteiger partial charge in [0.1, 0.15) is 23.8 Å². The maximum absolute atomic E-state index is 13.9. The minimum Gasteiger partial charge on any atom is -0.460 e. The molecule has 0 bridgehead atoms. The van der Waals surface area contributed by atoms with Crippen LogP contribution in [0.3, 0.4) is 0 Å². The number of piperidine rings is 1. The molecule has 1 unspecified atom stereocenters. The number of hydrogen-bond acceptors (Lipinski definition) is 7. The van der Waals surface area contributed by atoms with E-state index >= 15 is 0 Å². The second-order valence-corrected chi connectivity index (χ2v) is 12.6. The molecule has 3 amide bonds. The molecule has 10 nitrogen and oxygen atoms in total. The SMILES string of the molecule is CC(C)(C)OC(=O)CCN1C(=O)C(CCCCNC(=O)OCc2ccccc2)NC(=O)C12CCN(Cc1ccccc1)CC2. The fourth-order valence-corrected chi connectivity index (χ4v) is 5.85. The van der Waals surface area contributed by atoms with Crippen LogP contribution in [0.1, 0.15) is 70.4 Å². The third kappa shape index (κ3) is 9.29. The molecule has 1 atom stereocenters. The molecule has 0 aromatic heterocycles. The van der Waals surface area contributed by atoms with Crippen molar-refractivity contribution in [1.82, 2.24) is 20.4 Å². The van der Waals surface area contributed by atoms with E-state index in [4.69, 9.17) is 9.47 Å². The standard InChI is InChI=1S/C34H46N4O6/c1-33(2,3)44-29(39)17-21-38-30(40)28(16-10-11-20-35-32(42)43-25-27-14-8-5-9-15-27)36-31(41)34(38)18-22-37(23-19-34)24-26-12-6-4-7-13-26/h4-9,12-15,28H,10-11,16-25H2,1-3H3,(H,35,42)(H,36,41). The summed E-state index contributed by atoms with van der Waals surface area (Å²) in [5.74, 6) is -0.720. The minimum absolute atomic E-state index is 0.0213. The summed E-state index contributed by atoms with van der Waals surface area (Å²) < 4.78 is 10.7. The average Bonchev–Trinajstić information content (AvgIpc) is 2.99. The van der Waals surface area contributed by atoms with E-state index in [2.05, 4.69) is 27.7 Å². The van der Waals surface area contributed by atoms with Crippen molar-refractivity contribution >= 4 is 23.9 Å². The Morgan fingerprint density at radius 1 is 0.955 bits per heavy atom. The molecule has 2 aliphatic rings. The van der Waals surface area contributed by atoms with Crippen LogP contribution >= 0.6 is 0 Å². The van der Waals surface area contributed by atoms with Gasteiger partial charge in [0.25, 0.3) is 0 Å². The van der Waals surface area contributed by atoms with Gasteiger partial charge in [0, 0.05) is 32.7 Å². The summed E-state index contributed by atoms with van der Waals surface area (Å²) in [5.41, 5.74) is 0.483. The lowest BCUT2D eigenvalue weighted by Gasteiger charge is -2.51. The van der Waals surface area contributed by atoms with E-state index in [0.29, 0.717) is 51.7 Å². The van der Waals surface area contributed by atoms with Crippen LogP contribution in [0.5, 0.6) is 0 Å². The maximum Gasteiger partial charge on any atom is 0.407 e. The third-order valence-corrected chi connectivity index (χ3v) is 8.10. The number of alkyl carbamates (subject to hydrolysis) is 1. The zero-order valence-electron chi connectivity index (χ0n) is 26.2. The number of nitrogens with one attached hydrogen (secondary N) is 2. The molecule has 44 heavy (non-hydrogen) atoms. The van der Waals surface area contributed by atoms with Crippen LogP contribution in [0.15, 0.2) is 60.7 Å². The highest BCUT2D eigenvalue weighted by Gasteiger charge is 2.53. The fourth-order valence-electron chi connectivity index (χ4n) is 5.85. The molecule has 2 N–H and O–H groups in total. The fraction of sp³-hybridized carbons (Fsp3) is 0.529. The molecule has 0 aliphatic carbocycles. The monoisotopic (exact) mass is 606 g/mol. The van der Waals surface area contributed by atoms with Crippen molar-refractivity contribution in [2.45, 2.75) is 89.6 Å². The molecule has 1 spiro atoms. The summed E-state index contributed by atoms with van der Waals surface area (Å²) in [6, 6.07) is 19.0. The van der Waals surface area contributed by atoms with E-state index in [1.807, 2.05) is 69.3 Å². The van der Waals surface area contributed by atoms with Gasteiger partial charge in [-0.25, -0.2) is 4.79 Å². The Labute approximate surface area is 260 Å². The third-order valence-electron chi connectivity index (χ3n) is 8.10. The minimum atomic E-state index is -0.993. The van der Waals surface area contributed by atoms with Crippen LogP contribution < -0.4 is 10.6 Å². The first-order valence-electron chi connectivity index (χ1n) is 15.6. The molecule has 0 radical (unpaired) electrons. The van der Waals surface area contributed by atoms with Crippen molar-refractivity contribution < 1.29 is 28.7 Å². The number of esters is 1. The Morgan fingerprint density at radius 2 is 1.59 bits per heavy atom. The molecule has 2 heterocycles. The largest absolute Gasteiger partial charge is 0.460 e. The Bertz CT molecular complexity index is 1260. The highest BCUT2D eigenvalue weighted by atomic mass is 16.6. The van der Waals surface area contributed by atoms with Crippen molar-refractivity contribution in [3.05, 3.63) is 71.8 Å². The molecular weight excluding hydrogens is 560 g/mol. The first-order valence-corrected chi connectivity index (χ1v) is 15.6. The normalized spacial score (nSPS) is 18.5. The van der Waals surface area contributed by atoms with Gasteiger partial charge in [0.15, 0.2) is 0 Å². The smallest absolute Gasteiger partial charge is 0.407 e. The van der Waals surface area contributed by atoms with Gasteiger partial charge in [-0.15, -0.1) is 0 Å². The number of benzene rings is 2. The van der Waals surface area contributed by atoms with Crippen molar-refractivity contribution in [3.63, 3.8) is 0 Å². The molecule has 4 rings (SSSR count). The quantitative estimate of drug-likeness (QED) is 0.275. The van der Waals surface area contributed by atoms with E-state index in [9.17, 15) is 19.2 Å². The molecule has 2 saturated heterocycles. The van der Waals surface area contributed by atoms with Gasteiger partial charge in [0.2, 0.25) is 11.8 Å². The second-order valence-electron chi connectivity index (χ2n) is 12.6. The van der Waals surface area contributed by atoms with Gasteiger partial charge >= 0.3 is 12.1 Å². The summed E-state index contributed by atoms with van der Waals surface area (Å²) in [6.07, 6.45) is 2.19. The number of carbonyl (C=O) groups is 4. The molecule has 2 aromatic carbocycles. The number of carbonyl (C=O) groups excluding carboxylic acids is 4. The van der Waals surface area contributed by atoms with Crippen LogP contribution in [0.25, 0.3) is 0 Å². The van der Waals surface area contributed by atoms with Gasteiger partial charge in [-0.3, -0.25) is 19.3 Å². The van der Waals surface area contributed by atoms with E-state index in [0.717, 1.165) is 12.1 Å². The first-order chi connectivity index (χ1) is 21.1. The van der Waals surface area contributed by atoms with Crippen LogP contribution in [-0.4, -0.2) is 77.0 Å². The van der Waals surface area contributed by atoms with E-state index in [1.54, 1.807) is 4.90 Å². The van der Waals surface area contributed by atoms with Gasteiger partial charge < -0.3 is 25.0 Å².